The molecule has 1 aromatic carbocycles. The molecule has 0 heterocycles. The number of rotatable bonds is 0. The Labute approximate surface area is 73.5 Å². The van der Waals surface area contributed by atoms with Gasteiger partial charge in [0, 0.05) is 25.8 Å². The fourth-order valence-electron chi connectivity index (χ4n) is 0.438. The Morgan fingerprint density at radius 2 is 1.50 bits per heavy atom. The van der Waals surface area contributed by atoms with Gasteiger partial charge in [-0.1, -0.05) is 18.2 Å². The molecule has 0 nitrogen and oxygen atoms in total. The number of benzene rings is 1. The first-order valence-corrected chi connectivity index (χ1v) is 2.66. The zero-order valence-electron chi connectivity index (χ0n) is 4.39. The van der Waals surface area contributed by atoms with Crippen molar-refractivity contribution in [3.8, 4) is 0 Å². The molecule has 0 aromatic heterocycles. The van der Waals surface area contributed by atoms with Crippen LogP contribution in [0.5, 0.6) is 0 Å². The molecule has 8 heavy (non-hydrogen) atoms. The van der Waals surface area contributed by atoms with Crippen molar-refractivity contribution in [1.29, 1.82) is 0 Å². The maximum Gasteiger partial charge on any atom is 0.150 e. The smallest absolute Gasteiger partial charge is 0.0619 e. The molecule has 0 N–H and O–H groups in total. The summed E-state index contributed by atoms with van der Waals surface area (Å²) in [4.78, 5) is 1.13. The summed E-state index contributed by atoms with van der Waals surface area (Å²) in [5.41, 5.74) is 0. The van der Waals surface area contributed by atoms with Crippen molar-refractivity contribution in [3.63, 3.8) is 0 Å². The minimum Gasteiger partial charge on any atom is -0.0619 e. The van der Waals surface area contributed by atoms with Gasteiger partial charge in [-0.05, 0) is 24.8 Å². The summed E-state index contributed by atoms with van der Waals surface area (Å²) in [5.74, 6) is 0. The summed E-state index contributed by atoms with van der Waals surface area (Å²) in [5, 5.41) is 0. The molecule has 0 unspecified atom stereocenters. The second-order valence-electron chi connectivity index (χ2n) is 1.37. The van der Waals surface area contributed by atoms with Crippen molar-refractivity contribution >= 4 is 12.6 Å². The van der Waals surface area contributed by atoms with Gasteiger partial charge in [0.1, 0.15) is 4.90 Å². The van der Waals surface area contributed by atoms with E-state index < -0.39 is 0 Å². The van der Waals surface area contributed by atoms with Crippen molar-refractivity contribution in [3.05, 3.63) is 30.3 Å². The molecule has 0 aliphatic rings. The fraction of sp³-hybridized carbons (Fsp3) is 0. The summed E-state index contributed by atoms with van der Waals surface area (Å²) in [6.07, 6.45) is 0. The summed E-state index contributed by atoms with van der Waals surface area (Å²) < 4.78 is 0. The van der Waals surface area contributed by atoms with Gasteiger partial charge < -0.3 is 0 Å². The van der Waals surface area contributed by atoms with Crippen LogP contribution in [-0.4, -0.2) is 0 Å². The van der Waals surface area contributed by atoms with Gasteiger partial charge in [0.25, 0.3) is 0 Å². The standard InChI is InChI=1S/C6H6S.Hf/c7-6-4-2-1-3-5-6;/h1-5,7H;/p+1. The molecule has 0 spiro atoms. The van der Waals surface area contributed by atoms with Crippen LogP contribution in [0.3, 0.4) is 0 Å². The number of hydrogen-bond donors (Lipinski definition) is 0. The second-order valence-corrected chi connectivity index (χ2v) is 1.94. The van der Waals surface area contributed by atoms with Gasteiger partial charge in [-0.3, -0.25) is 0 Å². The summed E-state index contributed by atoms with van der Waals surface area (Å²) in [6.45, 7) is 0. The van der Waals surface area contributed by atoms with Crippen LogP contribution >= 0.6 is 0 Å². The van der Waals surface area contributed by atoms with Crippen LogP contribution in [0.4, 0.5) is 0 Å². The maximum atomic E-state index is 3.36. The van der Waals surface area contributed by atoms with E-state index in [4.69, 9.17) is 0 Å². The van der Waals surface area contributed by atoms with Crippen molar-refractivity contribution in [2.24, 2.45) is 0 Å². The molecule has 40 valence electrons. The van der Waals surface area contributed by atoms with Gasteiger partial charge in [0.05, 0.1) is 0 Å². The van der Waals surface area contributed by atoms with E-state index in [0.717, 1.165) is 4.90 Å². The zero-order valence-corrected chi connectivity index (χ0v) is 8.98. The largest absolute Gasteiger partial charge is 0.150 e. The fourth-order valence-corrected chi connectivity index (χ4v) is 0.631. The van der Waals surface area contributed by atoms with Gasteiger partial charge in [-0.25, -0.2) is 0 Å². The van der Waals surface area contributed by atoms with E-state index in [1.54, 1.807) is 0 Å². The zero-order chi connectivity index (χ0) is 5.11. The SMILES string of the molecule is [Hf].[SH2+]c1ccccc1. The Kier molecular flexibility index (Phi) is 4.57. The van der Waals surface area contributed by atoms with E-state index in [1.807, 2.05) is 30.3 Å². The maximum absolute atomic E-state index is 3.36. The monoisotopic (exact) mass is 291 g/mol. The molecule has 0 bridgehead atoms. The van der Waals surface area contributed by atoms with Crippen LogP contribution in [0.2, 0.25) is 0 Å². The van der Waals surface area contributed by atoms with Crippen molar-refractivity contribution in [2.45, 2.75) is 4.90 Å². The first-order chi connectivity index (χ1) is 3.39. The van der Waals surface area contributed by atoms with Crippen LogP contribution in [0.1, 0.15) is 0 Å². The van der Waals surface area contributed by atoms with Crippen molar-refractivity contribution in [1.82, 2.24) is 0 Å². The molecule has 0 amide bonds. The van der Waals surface area contributed by atoms with Gasteiger partial charge in [0.15, 0.2) is 0 Å². The average Bonchev–Trinajstić information content (AvgIpc) is 1.69. The minimum absolute atomic E-state index is 0. The predicted octanol–water partition coefficient (Wildman–Crippen LogP) is 1.05. The Bertz CT molecular complexity index is 138. The summed E-state index contributed by atoms with van der Waals surface area (Å²) >= 11 is 3.36. The van der Waals surface area contributed by atoms with E-state index in [9.17, 15) is 0 Å². The molecule has 0 saturated carbocycles. The van der Waals surface area contributed by atoms with Crippen molar-refractivity contribution < 1.29 is 25.8 Å². The van der Waals surface area contributed by atoms with Crippen LogP contribution in [0.25, 0.3) is 0 Å². The minimum atomic E-state index is 0. The van der Waals surface area contributed by atoms with Gasteiger partial charge in [-0.2, -0.15) is 0 Å². The van der Waals surface area contributed by atoms with E-state index in [1.165, 1.54) is 0 Å². The molecule has 0 saturated heterocycles. The molecule has 0 atom stereocenters. The van der Waals surface area contributed by atoms with Crippen LogP contribution in [0, 0.1) is 0 Å². The summed E-state index contributed by atoms with van der Waals surface area (Å²) in [6, 6.07) is 9.96. The first-order valence-electron chi connectivity index (χ1n) is 2.16. The first kappa shape index (κ1) is 8.44. The third-order valence-electron chi connectivity index (χ3n) is 0.774. The summed E-state index contributed by atoms with van der Waals surface area (Å²) in [7, 11) is 0. The Balaban J connectivity index is 0.000000490. The molecule has 2 heteroatoms. The molecular weight excluding hydrogens is 283 g/mol. The van der Waals surface area contributed by atoms with Gasteiger partial charge >= 0.3 is 0 Å². The van der Waals surface area contributed by atoms with Crippen LogP contribution in [-0.2, 0) is 38.5 Å². The third-order valence-corrected chi connectivity index (χ3v) is 1.11. The Morgan fingerprint density at radius 3 is 1.75 bits per heavy atom. The Morgan fingerprint density at radius 1 is 1.00 bits per heavy atom. The second kappa shape index (κ2) is 4.33. The van der Waals surface area contributed by atoms with E-state index >= 15 is 0 Å². The van der Waals surface area contributed by atoms with E-state index in [0.29, 0.717) is 0 Å². The quantitative estimate of drug-likeness (QED) is 0.495. The Hall–Kier alpha value is 0.440. The van der Waals surface area contributed by atoms with Gasteiger partial charge in [0.2, 0.25) is 0 Å². The molecule has 0 radical (unpaired) electrons. The van der Waals surface area contributed by atoms with Crippen molar-refractivity contribution in [2.75, 3.05) is 0 Å². The molecular formula is C6H7HfS+. The average molecular weight is 290 g/mol. The van der Waals surface area contributed by atoms with E-state index in [-0.39, 0.29) is 25.8 Å². The molecule has 0 fully saturated rings. The normalized spacial score (nSPS) is 7.62. The predicted molar refractivity (Wildman–Crippen MR) is 34.9 cm³/mol. The molecule has 1 aromatic rings. The van der Waals surface area contributed by atoms with Gasteiger partial charge in [-0.15, -0.1) is 0 Å². The van der Waals surface area contributed by atoms with E-state index in [2.05, 4.69) is 12.6 Å². The van der Waals surface area contributed by atoms with Crippen LogP contribution in [0.15, 0.2) is 35.2 Å². The number of hydrogen-bond acceptors (Lipinski definition) is 0. The molecule has 0 aliphatic carbocycles. The molecule has 0 aliphatic heterocycles. The molecule has 1 rings (SSSR count). The van der Waals surface area contributed by atoms with Crippen LogP contribution < -0.4 is 0 Å². The topological polar surface area (TPSA) is 0 Å². The third kappa shape index (κ3) is 2.68.